The number of nitrogens with one attached hydrogen (secondary N) is 1. The Bertz CT molecular complexity index is 405. The van der Waals surface area contributed by atoms with Crippen molar-refractivity contribution >= 4 is 21.6 Å². The molecule has 0 radical (unpaired) electrons. The number of hydrogen-bond acceptors (Lipinski definition) is 2. The predicted molar refractivity (Wildman–Crippen MR) is 81.8 cm³/mol. The van der Waals surface area contributed by atoms with Crippen LogP contribution < -0.4 is 11.1 Å². The molecule has 0 bridgehead atoms. The third-order valence-electron chi connectivity index (χ3n) is 4.19. The van der Waals surface area contributed by atoms with Crippen LogP contribution in [0.1, 0.15) is 39.5 Å². The summed E-state index contributed by atoms with van der Waals surface area (Å²) in [5.74, 6) is 0. The molecule has 1 aromatic rings. The van der Waals surface area contributed by atoms with Crippen LogP contribution in [0.15, 0.2) is 28.7 Å². The number of hydrogen-bond donors (Lipinski definition) is 2. The van der Waals surface area contributed by atoms with Crippen molar-refractivity contribution in [2.45, 2.75) is 45.1 Å². The van der Waals surface area contributed by atoms with Gasteiger partial charge in [-0.15, -0.1) is 0 Å². The summed E-state index contributed by atoms with van der Waals surface area (Å²) in [6, 6.07) is 8.34. The van der Waals surface area contributed by atoms with Crippen LogP contribution >= 0.6 is 15.9 Å². The van der Waals surface area contributed by atoms with E-state index in [2.05, 4.69) is 53.3 Å². The minimum absolute atomic E-state index is 0.0797. The van der Waals surface area contributed by atoms with Gasteiger partial charge in [0, 0.05) is 22.2 Å². The maximum atomic E-state index is 6.04. The van der Waals surface area contributed by atoms with Gasteiger partial charge in [0.15, 0.2) is 0 Å². The number of nitrogens with two attached hydrogens (primary N) is 1. The monoisotopic (exact) mass is 310 g/mol. The number of benzene rings is 1. The zero-order valence-electron chi connectivity index (χ0n) is 11.3. The van der Waals surface area contributed by atoms with Gasteiger partial charge >= 0.3 is 0 Å². The molecule has 0 aliphatic heterocycles. The Morgan fingerprint density at radius 2 is 1.89 bits per heavy atom. The molecule has 0 unspecified atom stereocenters. The lowest BCUT2D eigenvalue weighted by Gasteiger charge is -2.44. The normalized spacial score (nSPS) is 21.6. The fraction of sp³-hybridized carbons (Fsp3) is 0.600. The van der Waals surface area contributed by atoms with Gasteiger partial charge in [-0.3, -0.25) is 0 Å². The Kier molecular flexibility index (Phi) is 4.02. The second-order valence-corrected chi connectivity index (χ2v) is 7.20. The SMILES string of the molecule is CC1(C)CCC(CN)(Nc2cccc(Br)c2)CC1. The quantitative estimate of drug-likeness (QED) is 0.879. The van der Waals surface area contributed by atoms with Crippen molar-refractivity contribution in [2.24, 2.45) is 11.1 Å². The Morgan fingerprint density at radius 3 is 2.44 bits per heavy atom. The molecule has 0 atom stereocenters. The van der Waals surface area contributed by atoms with Gasteiger partial charge in [0.25, 0.3) is 0 Å². The number of anilines is 1. The molecule has 18 heavy (non-hydrogen) atoms. The van der Waals surface area contributed by atoms with Crippen LogP contribution in [0.2, 0.25) is 0 Å². The maximum absolute atomic E-state index is 6.04. The van der Waals surface area contributed by atoms with Crippen LogP contribution in [0.4, 0.5) is 5.69 Å². The average Bonchev–Trinajstić information content (AvgIpc) is 2.33. The fourth-order valence-corrected chi connectivity index (χ4v) is 3.06. The first-order valence-electron chi connectivity index (χ1n) is 6.69. The molecule has 0 saturated heterocycles. The molecule has 3 heteroatoms. The van der Waals surface area contributed by atoms with Crippen molar-refractivity contribution in [3.63, 3.8) is 0 Å². The molecule has 0 spiro atoms. The van der Waals surface area contributed by atoms with Gasteiger partial charge in [-0.25, -0.2) is 0 Å². The Morgan fingerprint density at radius 1 is 1.22 bits per heavy atom. The molecule has 0 amide bonds. The molecule has 1 aromatic carbocycles. The van der Waals surface area contributed by atoms with E-state index in [9.17, 15) is 0 Å². The molecule has 1 aliphatic carbocycles. The van der Waals surface area contributed by atoms with Crippen molar-refractivity contribution in [3.05, 3.63) is 28.7 Å². The molecular formula is C15H23BrN2. The molecule has 2 rings (SSSR count). The minimum Gasteiger partial charge on any atom is -0.378 e. The van der Waals surface area contributed by atoms with E-state index < -0.39 is 0 Å². The molecule has 0 aromatic heterocycles. The summed E-state index contributed by atoms with van der Waals surface area (Å²) in [5, 5.41) is 3.67. The minimum atomic E-state index is 0.0797. The average molecular weight is 311 g/mol. The molecule has 100 valence electrons. The zero-order chi connectivity index (χ0) is 13.2. The van der Waals surface area contributed by atoms with Crippen LogP contribution in [0.25, 0.3) is 0 Å². The summed E-state index contributed by atoms with van der Waals surface area (Å²) in [6.45, 7) is 5.41. The Balaban J connectivity index is 2.10. The van der Waals surface area contributed by atoms with E-state index in [0.29, 0.717) is 12.0 Å². The van der Waals surface area contributed by atoms with Crippen molar-refractivity contribution in [1.29, 1.82) is 0 Å². The van der Waals surface area contributed by atoms with Crippen molar-refractivity contribution < 1.29 is 0 Å². The fourth-order valence-electron chi connectivity index (χ4n) is 2.66. The van der Waals surface area contributed by atoms with Gasteiger partial charge in [0.2, 0.25) is 0 Å². The molecule has 1 saturated carbocycles. The molecule has 1 fully saturated rings. The summed E-state index contributed by atoms with van der Waals surface area (Å²) in [6.07, 6.45) is 4.79. The first-order chi connectivity index (χ1) is 8.45. The highest BCUT2D eigenvalue weighted by Crippen LogP contribution is 2.41. The highest BCUT2D eigenvalue weighted by molar-refractivity contribution is 9.10. The van der Waals surface area contributed by atoms with E-state index in [1.54, 1.807) is 0 Å². The van der Waals surface area contributed by atoms with Gasteiger partial charge in [-0.05, 0) is 49.3 Å². The summed E-state index contributed by atoms with van der Waals surface area (Å²) in [5.41, 5.74) is 7.75. The van der Waals surface area contributed by atoms with Gasteiger partial charge in [-0.2, -0.15) is 0 Å². The largest absolute Gasteiger partial charge is 0.378 e. The Hall–Kier alpha value is -0.540. The topological polar surface area (TPSA) is 38.0 Å². The lowest BCUT2D eigenvalue weighted by atomic mass is 9.69. The van der Waals surface area contributed by atoms with Gasteiger partial charge in [0.1, 0.15) is 0 Å². The van der Waals surface area contributed by atoms with E-state index in [1.165, 1.54) is 12.8 Å². The van der Waals surface area contributed by atoms with E-state index in [4.69, 9.17) is 5.73 Å². The van der Waals surface area contributed by atoms with E-state index in [-0.39, 0.29) is 5.54 Å². The molecule has 0 heterocycles. The van der Waals surface area contributed by atoms with Crippen LogP contribution in [-0.2, 0) is 0 Å². The van der Waals surface area contributed by atoms with Crippen LogP contribution in [-0.4, -0.2) is 12.1 Å². The summed E-state index contributed by atoms with van der Waals surface area (Å²) < 4.78 is 1.11. The van der Waals surface area contributed by atoms with Crippen LogP contribution in [0, 0.1) is 5.41 Å². The first kappa shape index (κ1) is 13.9. The van der Waals surface area contributed by atoms with Gasteiger partial charge < -0.3 is 11.1 Å². The second-order valence-electron chi connectivity index (χ2n) is 6.28. The van der Waals surface area contributed by atoms with E-state index in [1.807, 2.05) is 6.07 Å². The van der Waals surface area contributed by atoms with E-state index >= 15 is 0 Å². The summed E-state index contributed by atoms with van der Waals surface area (Å²) >= 11 is 3.51. The van der Waals surface area contributed by atoms with Gasteiger partial charge in [-0.1, -0.05) is 35.8 Å². The van der Waals surface area contributed by atoms with E-state index in [0.717, 1.165) is 23.0 Å². The lowest BCUT2D eigenvalue weighted by Crippen LogP contribution is -2.49. The van der Waals surface area contributed by atoms with Gasteiger partial charge in [0.05, 0.1) is 0 Å². The summed E-state index contributed by atoms with van der Waals surface area (Å²) in [4.78, 5) is 0. The lowest BCUT2D eigenvalue weighted by molar-refractivity contribution is 0.182. The first-order valence-corrected chi connectivity index (χ1v) is 7.48. The molecule has 3 N–H and O–H groups in total. The third kappa shape index (κ3) is 3.27. The smallest absolute Gasteiger partial charge is 0.0496 e. The molecule has 1 aliphatic rings. The highest BCUT2D eigenvalue weighted by atomic mass is 79.9. The van der Waals surface area contributed by atoms with Crippen molar-refractivity contribution in [3.8, 4) is 0 Å². The second kappa shape index (κ2) is 5.22. The Labute approximate surface area is 118 Å². The summed E-state index contributed by atoms with van der Waals surface area (Å²) in [7, 11) is 0. The molecule has 2 nitrogen and oxygen atoms in total. The maximum Gasteiger partial charge on any atom is 0.0496 e. The van der Waals surface area contributed by atoms with Crippen molar-refractivity contribution in [1.82, 2.24) is 0 Å². The number of halogens is 1. The molecular weight excluding hydrogens is 288 g/mol. The number of rotatable bonds is 3. The highest BCUT2D eigenvalue weighted by Gasteiger charge is 2.37. The van der Waals surface area contributed by atoms with Crippen LogP contribution in [0.5, 0.6) is 0 Å². The van der Waals surface area contributed by atoms with Crippen molar-refractivity contribution in [2.75, 3.05) is 11.9 Å². The predicted octanol–water partition coefficient (Wildman–Crippen LogP) is 4.16. The third-order valence-corrected chi connectivity index (χ3v) is 4.68. The van der Waals surface area contributed by atoms with Crippen LogP contribution in [0.3, 0.4) is 0 Å². The standard InChI is InChI=1S/C15H23BrN2/c1-14(2)6-8-15(11-17,9-7-14)18-13-5-3-4-12(16)10-13/h3-5,10,18H,6-9,11,17H2,1-2H3. The zero-order valence-corrected chi connectivity index (χ0v) is 12.9.